The lowest BCUT2D eigenvalue weighted by molar-refractivity contribution is -0.119. The SMILES string of the molecule is O=CC(O)NN1CCCC1. The molecular weight excluding hydrogens is 132 g/mol. The third kappa shape index (κ3) is 2.06. The van der Waals surface area contributed by atoms with Crippen molar-refractivity contribution in [1.82, 2.24) is 10.4 Å². The van der Waals surface area contributed by atoms with E-state index in [1.807, 2.05) is 5.01 Å². The van der Waals surface area contributed by atoms with Crippen molar-refractivity contribution in [2.75, 3.05) is 13.1 Å². The van der Waals surface area contributed by atoms with Crippen LogP contribution in [-0.4, -0.2) is 35.7 Å². The molecule has 1 heterocycles. The summed E-state index contributed by atoms with van der Waals surface area (Å²) in [6, 6.07) is 0. The van der Waals surface area contributed by atoms with Gasteiger partial charge in [-0.3, -0.25) is 4.79 Å². The Kier molecular flexibility index (Phi) is 2.80. The van der Waals surface area contributed by atoms with Crippen molar-refractivity contribution in [2.45, 2.75) is 19.1 Å². The van der Waals surface area contributed by atoms with Crippen LogP contribution in [0.15, 0.2) is 0 Å². The molecule has 0 bridgehead atoms. The number of rotatable bonds is 3. The Balaban J connectivity index is 2.17. The fraction of sp³-hybridized carbons (Fsp3) is 0.833. The number of hydrogen-bond donors (Lipinski definition) is 2. The van der Waals surface area contributed by atoms with Gasteiger partial charge >= 0.3 is 0 Å². The third-order valence-corrected chi connectivity index (χ3v) is 1.55. The number of aldehydes is 1. The summed E-state index contributed by atoms with van der Waals surface area (Å²) < 4.78 is 0. The standard InChI is InChI=1S/C6H12N2O2/c9-5-6(10)7-8-3-1-2-4-8/h5-7,10H,1-4H2. The van der Waals surface area contributed by atoms with Crippen molar-refractivity contribution in [3.05, 3.63) is 0 Å². The van der Waals surface area contributed by atoms with E-state index in [1.165, 1.54) is 0 Å². The molecule has 1 aliphatic heterocycles. The van der Waals surface area contributed by atoms with Crippen molar-refractivity contribution < 1.29 is 9.90 Å². The fourth-order valence-corrected chi connectivity index (χ4v) is 1.06. The monoisotopic (exact) mass is 144 g/mol. The van der Waals surface area contributed by atoms with Crippen LogP contribution in [0.25, 0.3) is 0 Å². The molecule has 2 N–H and O–H groups in total. The summed E-state index contributed by atoms with van der Waals surface area (Å²) in [5.74, 6) is 0. The van der Waals surface area contributed by atoms with Crippen LogP contribution in [0.5, 0.6) is 0 Å². The van der Waals surface area contributed by atoms with Crippen LogP contribution in [0.4, 0.5) is 0 Å². The molecule has 1 rings (SSSR count). The van der Waals surface area contributed by atoms with Crippen LogP contribution in [0.3, 0.4) is 0 Å². The molecule has 4 heteroatoms. The minimum Gasteiger partial charge on any atom is -0.371 e. The maximum atomic E-state index is 9.95. The Bertz CT molecular complexity index is 112. The summed E-state index contributed by atoms with van der Waals surface area (Å²) in [7, 11) is 0. The van der Waals surface area contributed by atoms with Crippen molar-refractivity contribution in [3.63, 3.8) is 0 Å². The lowest BCUT2D eigenvalue weighted by atomic mass is 10.4. The molecule has 0 aromatic carbocycles. The molecule has 1 atom stereocenters. The molecule has 0 radical (unpaired) electrons. The summed E-state index contributed by atoms with van der Waals surface area (Å²) in [6.45, 7) is 1.84. The van der Waals surface area contributed by atoms with E-state index >= 15 is 0 Å². The highest BCUT2D eigenvalue weighted by Crippen LogP contribution is 2.03. The zero-order valence-electron chi connectivity index (χ0n) is 5.79. The Morgan fingerprint density at radius 2 is 2.10 bits per heavy atom. The summed E-state index contributed by atoms with van der Waals surface area (Å²) in [6.07, 6.45) is 1.73. The van der Waals surface area contributed by atoms with Crippen molar-refractivity contribution >= 4 is 6.29 Å². The molecular formula is C6H12N2O2. The molecule has 0 saturated carbocycles. The van der Waals surface area contributed by atoms with E-state index in [0.29, 0.717) is 6.29 Å². The quantitative estimate of drug-likeness (QED) is 0.398. The van der Waals surface area contributed by atoms with Crippen molar-refractivity contribution in [1.29, 1.82) is 0 Å². The predicted octanol–water partition coefficient (Wildman–Crippen LogP) is -0.896. The van der Waals surface area contributed by atoms with Gasteiger partial charge in [0.25, 0.3) is 0 Å². The molecule has 1 aliphatic rings. The van der Waals surface area contributed by atoms with Gasteiger partial charge in [-0.1, -0.05) is 0 Å². The van der Waals surface area contributed by atoms with E-state index in [2.05, 4.69) is 5.43 Å². The Morgan fingerprint density at radius 1 is 1.50 bits per heavy atom. The third-order valence-electron chi connectivity index (χ3n) is 1.55. The maximum absolute atomic E-state index is 9.95. The van der Waals surface area contributed by atoms with Gasteiger partial charge in [-0.2, -0.15) is 0 Å². The van der Waals surface area contributed by atoms with E-state index < -0.39 is 6.23 Å². The maximum Gasteiger partial charge on any atom is 0.174 e. The van der Waals surface area contributed by atoms with Crippen LogP contribution in [-0.2, 0) is 4.79 Å². The van der Waals surface area contributed by atoms with Crippen molar-refractivity contribution in [3.8, 4) is 0 Å². The molecule has 0 aliphatic carbocycles. The second-order valence-corrected chi connectivity index (χ2v) is 2.40. The average molecular weight is 144 g/mol. The zero-order valence-corrected chi connectivity index (χ0v) is 5.79. The summed E-state index contributed by atoms with van der Waals surface area (Å²) in [5, 5.41) is 10.7. The number of aliphatic hydroxyl groups excluding tert-OH is 1. The normalized spacial score (nSPS) is 22.9. The summed E-state index contributed by atoms with van der Waals surface area (Å²) in [5.41, 5.74) is 2.65. The van der Waals surface area contributed by atoms with Crippen LogP contribution >= 0.6 is 0 Å². The molecule has 0 aromatic heterocycles. The van der Waals surface area contributed by atoms with Gasteiger partial charge in [-0.05, 0) is 12.8 Å². The van der Waals surface area contributed by atoms with Crippen LogP contribution in [0, 0.1) is 0 Å². The van der Waals surface area contributed by atoms with Gasteiger partial charge in [0.2, 0.25) is 0 Å². The van der Waals surface area contributed by atoms with Gasteiger partial charge in [0.1, 0.15) is 0 Å². The first-order valence-electron chi connectivity index (χ1n) is 3.47. The first-order valence-corrected chi connectivity index (χ1v) is 3.47. The highest BCUT2D eigenvalue weighted by Gasteiger charge is 2.13. The largest absolute Gasteiger partial charge is 0.371 e. The van der Waals surface area contributed by atoms with Crippen molar-refractivity contribution in [2.24, 2.45) is 0 Å². The molecule has 1 fully saturated rings. The molecule has 1 saturated heterocycles. The number of aliphatic hydroxyl groups is 1. The molecule has 0 spiro atoms. The minimum absolute atomic E-state index is 0.484. The molecule has 58 valence electrons. The number of carbonyl (C=O) groups excluding carboxylic acids is 1. The molecule has 0 aromatic rings. The van der Waals surface area contributed by atoms with Gasteiger partial charge in [-0.25, -0.2) is 10.4 Å². The summed E-state index contributed by atoms with van der Waals surface area (Å²) in [4.78, 5) is 9.95. The highest BCUT2D eigenvalue weighted by atomic mass is 16.3. The number of hydrogen-bond acceptors (Lipinski definition) is 4. The minimum atomic E-state index is -1.03. The van der Waals surface area contributed by atoms with Gasteiger partial charge in [0.15, 0.2) is 12.5 Å². The highest BCUT2D eigenvalue weighted by molar-refractivity contribution is 5.54. The van der Waals surface area contributed by atoms with E-state index in [4.69, 9.17) is 5.11 Å². The Labute approximate surface area is 59.8 Å². The molecule has 10 heavy (non-hydrogen) atoms. The molecule has 4 nitrogen and oxygen atoms in total. The van der Waals surface area contributed by atoms with Gasteiger partial charge in [0.05, 0.1) is 0 Å². The first kappa shape index (κ1) is 7.65. The number of hydrazine groups is 1. The Morgan fingerprint density at radius 3 is 2.60 bits per heavy atom. The van der Waals surface area contributed by atoms with E-state index in [9.17, 15) is 4.79 Å². The Hall–Kier alpha value is -0.450. The first-order chi connectivity index (χ1) is 4.83. The van der Waals surface area contributed by atoms with Gasteiger partial charge in [0, 0.05) is 13.1 Å². The van der Waals surface area contributed by atoms with Crippen LogP contribution in [0.1, 0.15) is 12.8 Å². The fourth-order valence-electron chi connectivity index (χ4n) is 1.06. The predicted molar refractivity (Wildman–Crippen MR) is 36.0 cm³/mol. The summed E-state index contributed by atoms with van der Waals surface area (Å²) >= 11 is 0. The molecule has 0 amide bonds. The number of nitrogens with one attached hydrogen (secondary N) is 1. The second kappa shape index (κ2) is 3.65. The number of nitrogens with zero attached hydrogens (tertiary/aromatic N) is 1. The van der Waals surface area contributed by atoms with E-state index in [-0.39, 0.29) is 0 Å². The van der Waals surface area contributed by atoms with Crippen LogP contribution in [0.2, 0.25) is 0 Å². The van der Waals surface area contributed by atoms with E-state index in [0.717, 1.165) is 25.9 Å². The smallest absolute Gasteiger partial charge is 0.174 e. The average Bonchev–Trinajstić information content (AvgIpc) is 2.40. The van der Waals surface area contributed by atoms with E-state index in [1.54, 1.807) is 0 Å². The van der Waals surface area contributed by atoms with Crippen LogP contribution < -0.4 is 5.43 Å². The number of carbonyl (C=O) groups is 1. The topological polar surface area (TPSA) is 52.6 Å². The van der Waals surface area contributed by atoms with Gasteiger partial charge in [-0.15, -0.1) is 0 Å². The lowest BCUT2D eigenvalue weighted by Gasteiger charge is -2.17. The van der Waals surface area contributed by atoms with Gasteiger partial charge < -0.3 is 5.11 Å². The zero-order chi connectivity index (χ0) is 7.40. The lowest BCUT2D eigenvalue weighted by Crippen LogP contribution is -2.43. The molecule has 1 unspecified atom stereocenters. The second-order valence-electron chi connectivity index (χ2n) is 2.40.